The van der Waals surface area contributed by atoms with Crippen LogP contribution in [0, 0.1) is 6.92 Å². The van der Waals surface area contributed by atoms with Gasteiger partial charge in [-0.25, -0.2) is 9.97 Å². The molecule has 1 aliphatic rings. The van der Waals surface area contributed by atoms with Crippen molar-refractivity contribution >= 4 is 22.7 Å². The van der Waals surface area contributed by atoms with Gasteiger partial charge in [-0.05, 0) is 31.2 Å². The van der Waals surface area contributed by atoms with Crippen LogP contribution < -0.4 is 10.7 Å². The number of nitrogens with zero attached hydrogens (tertiary/aromatic N) is 5. The summed E-state index contributed by atoms with van der Waals surface area (Å²) in [6.45, 7) is 2.91. The molecule has 0 aliphatic carbocycles. The third-order valence-electron chi connectivity index (χ3n) is 4.34. The fourth-order valence-corrected chi connectivity index (χ4v) is 4.01. The Morgan fingerprint density at radius 3 is 2.88 bits per heavy atom. The summed E-state index contributed by atoms with van der Waals surface area (Å²) in [6, 6.07) is 8.07. The molecule has 0 fully saturated rings. The molecule has 4 heterocycles. The number of fused-ring (bicyclic) bond motifs is 1. The van der Waals surface area contributed by atoms with E-state index in [4.69, 9.17) is 15.8 Å². The summed E-state index contributed by atoms with van der Waals surface area (Å²) in [6.07, 6.45) is 4.40. The van der Waals surface area contributed by atoms with Gasteiger partial charge in [0.1, 0.15) is 10.7 Å². The van der Waals surface area contributed by atoms with Crippen LogP contribution in [0.1, 0.15) is 17.8 Å². The van der Waals surface area contributed by atoms with Crippen LogP contribution in [0.5, 0.6) is 0 Å². The number of thiazole rings is 1. The van der Waals surface area contributed by atoms with Crippen LogP contribution in [-0.2, 0) is 0 Å². The van der Waals surface area contributed by atoms with Crippen molar-refractivity contribution < 1.29 is 0 Å². The summed E-state index contributed by atoms with van der Waals surface area (Å²) in [7, 11) is 2.06. The lowest BCUT2D eigenvalue weighted by atomic mass is 10.0. The Hall–Kier alpha value is -2.80. The van der Waals surface area contributed by atoms with Crippen molar-refractivity contribution in [3.05, 3.63) is 48.0 Å². The second kappa shape index (κ2) is 6.25. The topological polar surface area (TPSA) is 80.3 Å². The second-order valence-corrected chi connectivity index (χ2v) is 6.99. The molecule has 126 valence electrons. The highest BCUT2D eigenvalue weighted by atomic mass is 32.1. The van der Waals surface area contributed by atoms with Crippen LogP contribution in [0.4, 0.5) is 5.69 Å². The fraction of sp³-hybridized carbons (Fsp3) is 0.222. The number of nitrogens with two attached hydrogens (primary N) is 1. The van der Waals surface area contributed by atoms with Crippen molar-refractivity contribution in [2.75, 3.05) is 18.5 Å². The summed E-state index contributed by atoms with van der Waals surface area (Å²) in [5.41, 5.74) is 5.67. The SMILES string of the molecule is Cc1nc(-c2cccnc2)sc1-c1ccc2c(n1)/C(=N/N)CCN2C. The van der Waals surface area contributed by atoms with Crippen molar-refractivity contribution in [3.8, 4) is 21.1 Å². The molecule has 1 aliphatic heterocycles. The first kappa shape index (κ1) is 15.7. The number of hydrazone groups is 1. The molecular weight excluding hydrogens is 332 g/mol. The third kappa shape index (κ3) is 2.76. The molecule has 2 N–H and O–H groups in total. The van der Waals surface area contributed by atoms with Crippen LogP contribution >= 0.6 is 11.3 Å². The average molecular weight is 350 g/mol. The zero-order valence-corrected chi connectivity index (χ0v) is 14.9. The number of rotatable bonds is 2. The van der Waals surface area contributed by atoms with Gasteiger partial charge in [-0.1, -0.05) is 0 Å². The average Bonchev–Trinajstić information content (AvgIpc) is 3.04. The molecule has 25 heavy (non-hydrogen) atoms. The Balaban J connectivity index is 1.80. The van der Waals surface area contributed by atoms with Gasteiger partial charge < -0.3 is 10.7 Å². The molecule has 0 bridgehead atoms. The van der Waals surface area contributed by atoms with E-state index in [0.717, 1.165) is 56.9 Å². The Labute approximate surface area is 150 Å². The quantitative estimate of drug-likeness (QED) is 0.567. The molecule has 0 saturated carbocycles. The van der Waals surface area contributed by atoms with Gasteiger partial charge in [0.25, 0.3) is 0 Å². The molecule has 3 aromatic heterocycles. The summed E-state index contributed by atoms with van der Waals surface area (Å²) in [4.78, 5) is 17.0. The first-order valence-corrected chi connectivity index (χ1v) is 8.86. The minimum atomic E-state index is 0.805. The Morgan fingerprint density at radius 2 is 2.12 bits per heavy atom. The largest absolute Gasteiger partial charge is 0.372 e. The van der Waals surface area contributed by atoms with E-state index >= 15 is 0 Å². The van der Waals surface area contributed by atoms with Gasteiger partial charge in [-0.15, -0.1) is 11.3 Å². The maximum Gasteiger partial charge on any atom is 0.125 e. The van der Waals surface area contributed by atoms with Gasteiger partial charge in [0, 0.05) is 38.0 Å². The van der Waals surface area contributed by atoms with Crippen LogP contribution in [0.3, 0.4) is 0 Å². The molecule has 0 radical (unpaired) electrons. The fourth-order valence-electron chi connectivity index (χ4n) is 2.98. The maximum absolute atomic E-state index is 5.58. The van der Waals surface area contributed by atoms with Gasteiger partial charge in [-0.2, -0.15) is 5.10 Å². The smallest absolute Gasteiger partial charge is 0.125 e. The summed E-state index contributed by atoms with van der Waals surface area (Å²) < 4.78 is 0. The molecule has 0 spiro atoms. The molecular formula is C18H18N6S. The van der Waals surface area contributed by atoms with Crippen LogP contribution in [-0.4, -0.2) is 34.3 Å². The number of anilines is 1. The number of pyridine rings is 2. The highest BCUT2D eigenvalue weighted by Crippen LogP contribution is 2.36. The van der Waals surface area contributed by atoms with Crippen LogP contribution in [0.15, 0.2) is 41.8 Å². The zero-order valence-electron chi connectivity index (χ0n) is 14.1. The molecule has 6 nitrogen and oxygen atoms in total. The van der Waals surface area contributed by atoms with E-state index in [-0.39, 0.29) is 0 Å². The predicted octanol–water partition coefficient (Wildman–Crippen LogP) is 3.08. The van der Waals surface area contributed by atoms with Crippen molar-refractivity contribution in [1.29, 1.82) is 0 Å². The van der Waals surface area contributed by atoms with E-state index in [1.807, 2.05) is 31.3 Å². The number of hydrogen-bond donors (Lipinski definition) is 1. The number of aromatic nitrogens is 3. The highest BCUT2D eigenvalue weighted by molar-refractivity contribution is 7.18. The van der Waals surface area contributed by atoms with Crippen molar-refractivity contribution in [2.45, 2.75) is 13.3 Å². The van der Waals surface area contributed by atoms with Crippen molar-refractivity contribution in [2.24, 2.45) is 10.9 Å². The third-order valence-corrected chi connectivity index (χ3v) is 5.57. The molecule has 0 atom stereocenters. The van der Waals surface area contributed by atoms with Gasteiger partial charge in [0.15, 0.2) is 0 Å². The lowest BCUT2D eigenvalue weighted by Gasteiger charge is -2.27. The number of hydrogen-bond acceptors (Lipinski definition) is 7. The van der Waals surface area contributed by atoms with Gasteiger partial charge in [-0.3, -0.25) is 4.98 Å². The maximum atomic E-state index is 5.58. The van der Waals surface area contributed by atoms with Crippen LogP contribution in [0.2, 0.25) is 0 Å². The molecule has 0 saturated heterocycles. The summed E-state index contributed by atoms with van der Waals surface area (Å²) in [5, 5.41) is 4.89. The van der Waals surface area contributed by atoms with E-state index in [1.54, 1.807) is 17.5 Å². The monoisotopic (exact) mass is 350 g/mol. The molecule has 0 aromatic carbocycles. The van der Waals surface area contributed by atoms with E-state index in [2.05, 4.69) is 28.1 Å². The van der Waals surface area contributed by atoms with Crippen molar-refractivity contribution in [3.63, 3.8) is 0 Å². The minimum Gasteiger partial charge on any atom is -0.372 e. The standard InChI is InChI=1S/C18H18N6S/c1-11-17(25-18(21-11)12-4-3-8-20-10-12)14-5-6-15-16(22-14)13(23-19)7-9-24(15)2/h3-6,8,10H,7,9,19H2,1-2H3/b23-13+. The second-order valence-electron chi connectivity index (χ2n) is 5.99. The summed E-state index contributed by atoms with van der Waals surface area (Å²) >= 11 is 1.63. The van der Waals surface area contributed by atoms with E-state index in [1.165, 1.54) is 0 Å². The van der Waals surface area contributed by atoms with E-state index in [9.17, 15) is 0 Å². The van der Waals surface area contributed by atoms with Crippen molar-refractivity contribution in [1.82, 2.24) is 15.0 Å². The summed E-state index contributed by atoms with van der Waals surface area (Å²) in [5.74, 6) is 5.58. The Morgan fingerprint density at radius 1 is 1.24 bits per heavy atom. The molecule has 0 amide bonds. The first-order chi connectivity index (χ1) is 12.2. The normalized spacial score (nSPS) is 15.4. The minimum absolute atomic E-state index is 0.805. The van der Waals surface area contributed by atoms with Gasteiger partial charge >= 0.3 is 0 Å². The Kier molecular flexibility index (Phi) is 3.93. The molecule has 7 heteroatoms. The zero-order chi connectivity index (χ0) is 17.4. The predicted molar refractivity (Wildman–Crippen MR) is 102 cm³/mol. The van der Waals surface area contributed by atoms with Gasteiger partial charge in [0.2, 0.25) is 0 Å². The van der Waals surface area contributed by atoms with E-state index in [0.29, 0.717) is 0 Å². The molecule has 0 unspecified atom stereocenters. The van der Waals surface area contributed by atoms with E-state index < -0.39 is 0 Å². The lowest BCUT2D eigenvalue weighted by Crippen LogP contribution is -2.30. The number of aryl methyl sites for hydroxylation is 1. The van der Waals surface area contributed by atoms with Crippen LogP contribution in [0.25, 0.3) is 21.1 Å². The molecule has 4 rings (SSSR count). The highest BCUT2D eigenvalue weighted by Gasteiger charge is 2.22. The first-order valence-electron chi connectivity index (χ1n) is 8.05. The lowest BCUT2D eigenvalue weighted by molar-refractivity contribution is 0.881. The van der Waals surface area contributed by atoms with Gasteiger partial charge in [0.05, 0.1) is 27.7 Å². The Bertz CT molecular complexity index is 947. The molecule has 3 aromatic rings.